The number of nitrogens with zero attached hydrogens (tertiary/aromatic N) is 4. The van der Waals surface area contributed by atoms with Gasteiger partial charge in [0, 0.05) is 48.0 Å². The second-order valence-electron chi connectivity index (χ2n) is 11.1. The van der Waals surface area contributed by atoms with Crippen molar-refractivity contribution in [3.8, 4) is 0 Å². The lowest BCUT2D eigenvalue weighted by atomic mass is 9.53. The van der Waals surface area contributed by atoms with Gasteiger partial charge in [-0.25, -0.2) is 0 Å². The third-order valence-corrected chi connectivity index (χ3v) is 9.74. The Kier molecular flexibility index (Phi) is 4.11. The number of aliphatic imine (C=N–C) groups is 1. The zero-order chi connectivity index (χ0) is 24.2. The quantitative estimate of drug-likeness (QED) is 0.288. The summed E-state index contributed by atoms with van der Waals surface area (Å²) in [6.45, 7) is 2.68. The van der Waals surface area contributed by atoms with Crippen LogP contribution in [0.25, 0.3) is 0 Å². The van der Waals surface area contributed by atoms with Gasteiger partial charge in [0.25, 0.3) is 5.69 Å². The number of piperidine rings is 2. The molecule has 1 aliphatic carbocycles. The van der Waals surface area contributed by atoms with E-state index in [1.54, 1.807) is 12.3 Å². The molecule has 1 spiro atoms. The fourth-order valence-electron chi connectivity index (χ4n) is 8.49. The van der Waals surface area contributed by atoms with Crippen LogP contribution in [0, 0.1) is 22.0 Å². The Labute approximate surface area is 208 Å². The maximum absolute atomic E-state index is 13.6. The molecular weight excluding hydrogens is 456 g/mol. The Balaban J connectivity index is 1.25. The molecule has 0 aromatic heterocycles. The third kappa shape index (κ3) is 2.56. The molecule has 5 heterocycles. The van der Waals surface area contributed by atoms with Gasteiger partial charge in [0.05, 0.1) is 35.8 Å². The van der Waals surface area contributed by atoms with Crippen molar-refractivity contribution in [1.82, 2.24) is 4.90 Å². The van der Waals surface area contributed by atoms with Gasteiger partial charge in [-0.1, -0.05) is 23.8 Å². The number of fused-ring (bicyclic) bond motifs is 2. The molecule has 8 nitrogen and oxygen atoms in total. The highest BCUT2D eigenvalue weighted by atomic mass is 16.6. The minimum Gasteiger partial charge on any atom is -0.373 e. The molecule has 5 aliphatic heterocycles. The highest BCUT2D eigenvalue weighted by molar-refractivity contribution is 5.99. The van der Waals surface area contributed by atoms with E-state index < -0.39 is 4.92 Å². The van der Waals surface area contributed by atoms with E-state index in [1.165, 1.54) is 23.3 Å². The van der Waals surface area contributed by atoms with E-state index >= 15 is 0 Å². The number of benzene rings is 2. The van der Waals surface area contributed by atoms with Gasteiger partial charge in [-0.2, -0.15) is 0 Å². The summed E-state index contributed by atoms with van der Waals surface area (Å²) in [7, 11) is 0. The van der Waals surface area contributed by atoms with Crippen LogP contribution < -0.4 is 4.90 Å². The Morgan fingerprint density at radius 3 is 3.03 bits per heavy atom. The number of rotatable bonds is 3. The highest BCUT2D eigenvalue weighted by Gasteiger charge is 2.71. The van der Waals surface area contributed by atoms with Crippen molar-refractivity contribution in [2.45, 2.75) is 42.9 Å². The zero-order valence-corrected chi connectivity index (χ0v) is 19.7. The number of non-ortho nitro benzene ring substituents is 1. The maximum atomic E-state index is 13.6. The molecule has 6 atom stereocenters. The molecule has 3 saturated heterocycles. The van der Waals surface area contributed by atoms with E-state index in [0.29, 0.717) is 36.5 Å². The molecule has 8 heteroatoms. The van der Waals surface area contributed by atoms with Crippen LogP contribution in [-0.4, -0.2) is 59.8 Å². The minimum absolute atomic E-state index is 0.0110. The number of carbonyl (C=O) groups excluding carboxylic acids is 1. The second kappa shape index (κ2) is 7.11. The van der Waals surface area contributed by atoms with Crippen molar-refractivity contribution in [2.75, 3.05) is 24.6 Å². The number of hydrogen-bond donors (Lipinski definition) is 0. The number of hydrogen-bond acceptors (Lipinski definition) is 6. The van der Waals surface area contributed by atoms with Crippen LogP contribution in [-0.2, 0) is 14.9 Å². The molecule has 2 aromatic rings. The smallest absolute Gasteiger partial charge is 0.270 e. The van der Waals surface area contributed by atoms with Gasteiger partial charge in [0.1, 0.15) is 0 Å². The summed E-state index contributed by atoms with van der Waals surface area (Å²) in [4.78, 5) is 33.8. The SMILES string of the molecule is O=C1C[C@@H]2OCC=C3CN4CC[C@]56c7cc(N=Cc8cccc([N+](=O)[O-])c8)ccc7N1[C@H]5[C@H]2[C@H]3C[C@H]46. The van der Waals surface area contributed by atoms with Gasteiger partial charge >= 0.3 is 0 Å². The molecule has 36 heavy (non-hydrogen) atoms. The van der Waals surface area contributed by atoms with Crippen LogP contribution in [0.4, 0.5) is 17.1 Å². The predicted molar refractivity (Wildman–Crippen MR) is 134 cm³/mol. The van der Waals surface area contributed by atoms with Crippen LogP contribution in [0.3, 0.4) is 0 Å². The number of ether oxygens (including phenoxy) is 1. The van der Waals surface area contributed by atoms with E-state index in [-0.39, 0.29) is 29.2 Å². The molecule has 2 bridgehead atoms. The number of amides is 1. The monoisotopic (exact) mass is 482 g/mol. The molecule has 0 N–H and O–H groups in total. The molecule has 0 radical (unpaired) electrons. The first-order valence-electron chi connectivity index (χ1n) is 12.8. The van der Waals surface area contributed by atoms with Crippen LogP contribution in [0.5, 0.6) is 0 Å². The summed E-state index contributed by atoms with van der Waals surface area (Å²) in [6, 6.07) is 13.3. The Morgan fingerprint density at radius 1 is 1.22 bits per heavy atom. The van der Waals surface area contributed by atoms with E-state index in [2.05, 4.69) is 28.0 Å². The van der Waals surface area contributed by atoms with Crippen molar-refractivity contribution >= 4 is 29.2 Å². The molecular formula is C28H26N4O4. The van der Waals surface area contributed by atoms with E-state index in [4.69, 9.17) is 9.73 Å². The van der Waals surface area contributed by atoms with Crippen LogP contribution in [0.2, 0.25) is 0 Å². The van der Waals surface area contributed by atoms with Crippen LogP contribution in [0.1, 0.15) is 30.4 Å². The first-order valence-corrected chi connectivity index (χ1v) is 12.8. The molecule has 6 aliphatic rings. The molecule has 1 amide bonds. The van der Waals surface area contributed by atoms with Crippen molar-refractivity contribution < 1.29 is 14.5 Å². The van der Waals surface area contributed by atoms with Crippen molar-refractivity contribution in [3.05, 3.63) is 75.4 Å². The van der Waals surface area contributed by atoms with Crippen molar-refractivity contribution in [1.29, 1.82) is 0 Å². The third-order valence-electron chi connectivity index (χ3n) is 9.74. The number of anilines is 1. The molecule has 4 fully saturated rings. The fourth-order valence-corrected chi connectivity index (χ4v) is 8.49. The van der Waals surface area contributed by atoms with Crippen molar-refractivity contribution in [2.24, 2.45) is 16.8 Å². The van der Waals surface area contributed by atoms with Crippen LogP contribution >= 0.6 is 0 Å². The van der Waals surface area contributed by atoms with Gasteiger partial charge in [-0.15, -0.1) is 0 Å². The zero-order valence-electron chi connectivity index (χ0n) is 19.7. The van der Waals surface area contributed by atoms with E-state index in [1.807, 2.05) is 12.1 Å². The number of nitro groups is 1. The normalized spacial score (nSPS) is 35.6. The lowest BCUT2D eigenvalue weighted by molar-refractivity contribution is -0.384. The molecule has 0 unspecified atom stereocenters. The minimum atomic E-state index is -0.392. The number of nitro benzene ring substituents is 1. The second-order valence-corrected chi connectivity index (χ2v) is 11.1. The number of carbonyl (C=O) groups is 1. The average Bonchev–Trinajstić information content (AvgIpc) is 3.35. The summed E-state index contributed by atoms with van der Waals surface area (Å²) in [5.74, 6) is 0.998. The Bertz CT molecular complexity index is 1400. The standard InChI is InChI=1S/C28H26N4O4/c33-25-13-23-26-20-12-24-28(7-8-30(24)15-17(20)6-9-36-23)21-11-18(4-5-22(21)31(25)27(26)28)29-14-16-2-1-3-19(10-16)32(34)35/h1-6,10-11,14,20,23-24,26-27H,7-9,12-13,15H2/t20-,23-,24-,26-,27-,28+/m0/s1. The summed E-state index contributed by atoms with van der Waals surface area (Å²) in [5.41, 5.74) is 5.26. The summed E-state index contributed by atoms with van der Waals surface area (Å²) in [5, 5.41) is 11.1. The largest absolute Gasteiger partial charge is 0.373 e. The summed E-state index contributed by atoms with van der Waals surface area (Å²) >= 11 is 0. The van der Waals surface area contributed by atoms with E-state index in [0.717, 1.165) is 37.3 Å². The Hall–Kier alpha value is -3.36. The Morgan fingerprint density at radius 2 is 2.14 bits per heavy atom. The summed E-state index contributed by atoms with van der Waals surface area (Å²) < 4.78 is 6.32. The van der Waals surface area contributed by atoms with Crippen molar-refractivity contribution in [3.63, 3.8) is 0 Å². The first kappa shape index (κ1) is 20.8. The first-order chi connectivity index (χ1) is 17.5. The van der Waals surface area contributed by atoms with Crippen LogP contribution in [0.15, 0.2) is 59.1 Å². The predicted octanol–water partition coefficient (Wildman–Crippen LogP) is 3.75. The molecule has 2 aromatic carbocycles. The highest BCUT2D eigenvalue weighted by Crippen LogP contribution is 2.66. The fraction of sp³-hybridized carbons (Fsp3) is 0.429. The average molecular weight is 483 g/mol. The summed E-state index contributed by atoms with van der Waals surface area (Å²) in [6.07, 6.45) is 6.60. The molecule has 8 rings (SSSR count). The molecule has 182 valence electrons. The van der Waals surface area contributed by atoms with E-state index in [9.17, 15) is 14.9 Å². The topological polar surface area (TPSA) is 88.3 Å². The van der Waals surface area contributed by atoms with Gasteiger partial charge < -0.3 is 9.64 Å². The van der Waals surface area contributed by atoms with Gasteiger partial charge in [-0.05, 0) is 54.6 Å². The lowest BCUT2D eigenvalue weighted by Gasteiger charge is -2.58. The van der Waals surface area contributed by atoms with Gasteiger partial charge in [-0.3, -0.25) is 24.8 Å². The lowest BCUT2D eigenvalue weighted by Crippen LogP contribution is -2.69. The van der Waals surface area contributed by atoms with Gasteiger partial charge in [0.15, 0.2) is 0 Å². The molecule has 1 saturated carbocycles. The van der Waals surface area contributed by atoms with Gasteiger partial charge in [0.2, 0.25) is 5.91 Å². The maximum Gasteiger partial charge on any atom is 0.270 e.